The molecule has 1 aliphatic heterocycles. The molecule has 0 spiro atoms. The Labute approximate surface area is 147 Å². The summed E-state index contributed by atoms with van der Waals surface area (Å²) in [5.74, 6) is -1.74. The van der Waals surface area contributed by atoms with Gasteiger partial charge < -0.3 is 4.74 Å². The number of hydrogen-bond donors (Lipinski definition) is 0. The third-order valence-electron chi connectivity index (χ3n) is 3.86. The monoisotopic (exact) mass is 390 g/mol. The van der Waals surface area contributed by atoms with E-state index in [1.165, 1.54) is 18.2 Å². The first-order valence-corrected chi connectivity index (χ1v) is 9.18. The lowest BCUT2D eigenvalue weighted by Crippen LogP contribution is -2.56. The Morgan fingerprint density at radius 1 is 1.15 bits per heavy atom. The molecular weight excluding hydrogens is 376 g/mol. The molecule has 140 valence electrons. The van der Waals surface area contributed by atoms with Gasteiger partial charge in [0.15, 0.2) is 0 Å². The second-order valence-electron chi connectivity index (χ2n) is 5.76. The number of sulfonamides is 1. The van der Waals surface area contributed by atoms with Crippen LogP contribution < -0.4 is 4.74 Å². The second-order valence-corrected chi connectivity index (χ2v) is 7.73. The van der Waals surface area contributed by atoms with Crippen LogP contribution in [0, 0.1) is 5.82 Å². The summed E-state index contributed by atoms with van der Waals surface area (Å²) >= 11 is 0. The van der Waals surface area contributed by atoms with Crippen molar-refractivity contribution in [2.45, 2.75) is 18.0 Å². The van der Waals surface area contributed by atoms with E-state index < -0.39 is 45.3 Å². The maximum atomic E-state index is 13.6. The van der Waals surface area contributed by atoms with Crippen molar-refractivity contribution in [3.05, 3.63) is 59.5 Å². The molecule has 10 heteroatoms. The van der Waals surface area contributed by atoms with Crippen molar-refractivity contribution >= 4 is 10.0 Å². The van der Waals surface area contributed by atoms with Crippen molar-refractivity contribution in [2.75, 3.05) is 13.1 Å². The molecule has 5 nitrogen and oxygen atoms in total. The highest BCUT2D eigenvalue weighted by molar-refractivity contribution is 7.88. The van der Waals surface area contributed by atoms with Crippen molar-refractivity contribution in [1.29, 1.82) is 0 Å². The summed E-state index contributed by atoms with van der Waals surface area (Å²) in [5.41, 5.74) is -0.992. The van der Waals surface area contributed by atoms with Crippen LogP contribution in [0.4, 0.5) is 17.6 Å². The van der Waals surface area contributed by atoms with Crippen molar-refractivity contribution in [1.82, 2.24) is 9.29 Å². The standard InChI is InChI=1S/C16H14F4N2O3S/c17-14-6-2-1-4-11(14)10-26(23,24)22-8-12(9-22)25-15-13(16(18,19)20)5-3-7-21-15/h1-7,12H,8-10H2. The molecule has 0 amide bonds. The van der Waals surface area contributed by atoms with E-state index >= 15 is 0 Å². The Kier molecular flexibility index (Phi) is 4.89. The van der Waals surface area contributed by atoms with Gasteiger partial charge in [-0.15, -0.1) is 0 Å². The fourth-order valence-electron chi connectivity index (χ4n) is 2.46. The molecule has 0 radical (unpaired) electrons. The Hall–Kier alpha value is -2.20. The fourth-order valence-corrected chi connectivity index (χ4v) is 4.06. The molecule has 1 aliphatic rings. The molecule has 0 N–H and O–H groups in total. The third kappa shape index (κ3) is 3.96. The third-order valence-corrected chi connectivity index (χ3v) is 5.62. The highest BCUT2D eigenvalue weighted by atomic mass is 32.2. The summed E-state index contributed by atoms with van der Waals surface area (Å²) in [6, 6.07) is 7.48. The van der Waals surface area contributed by atoms with E-state index in [1.807, 2.05) is 0 Å². The van der Waals surface area contributed by atoms with Gasteiger partial charge in [0.2, 0.25) is 15.9 Å². The van der Waals surface area contributed by atoms with Gasteiger partial charge in [-0.25, -0.2) is 17.8 Å². The van der Waals surface area contributed by atoms with Crippen LogP contribution in [0.1, 0.15) is 11.1 Å². The van der Waals surface area contributed by atoms with Crippen LogP contribution in [0.5, 0.6) is 5.88 Å². The van der Waals surface area contributed by atoms with E-state index in [9.17, 15) is 26.0 Å². The highest BCUT2D eigenvalue weighted by Crippen LogP contribution is 2.35. The van der Waals surface area contributed by atoms with Gasteiger partial charge in [-0.3, -0.25) is 0 Å². The van der Waals surface area contributed by atoms with Crippen LogP contribution >= 0.6 is 0 Å². The Morgan fingerprint density at radius 2 is 1.85 bits per heavy atom. The molecule has 1 saturated heterocycles. The van der Waals surface area contributed by atoms with Crippen molar-refractivity contribution in [3.8, 4) is 5.88 Å². The molecular formula is C16H14F4N2O3S. The number of nitrogens with zero attached hydrogens (tertiary/aromatic N) is 2. The van der Waals surface area contributed by atoms with Gasteiger partial charge >= 0.3 is 6.18 Å². The SMILES string of the molecule is O=S(=O)(Cc1ccccc1F)N1CC(Oc2ncccc2C(F)(F)F)C1. The lowest BCUT2D eigenvalue weighted by Gasteiger charge is -2.37. The number of pyridine rings is 1. The summed E-state index contributed by atoms with van der Waals surface area (Å²) in [4.78, 5) is 3.57. The van der Waals surface area contributed by atoms with E-state index in [0.717, 1.165) is 28.7 Å². The normalized spacial score (nSPS) is 16.3. The zero-order chi connectivity index (χ0) is 18.9. The molecule has 26 heavy (non-hydrogen) atoms. The van der Waals surface area contributed by atoms with Crippen molar-refractivity contribution < 1.29 is 30.7 Å². The quantitative estimate of drug-likeness (QED) is 0.737. The second kappa shape index (κ2) is 6.84. The number of halogens is 4. The minimum absolute atomic E-state index is 0.0287. The molecule has 1 aromatic heterocycles. The van der Waals surface area contributed by atoms with E-state index in [2.05, 4.69) is 4.98 Å². The molecule has 1 aromatic carbocycles. The zero-order valence-corrected chi connectivity index (χ0v) is 14.1. The summed E-state index contributed by atoms with van der Waals surface area (Å²) in [7, 11) is -3.79. The number of benzene rings is 1. The van der Waals surface area contributed by atoms with Crippen LogP contribution in [0.3, 0.4) is 0 Å². The van der Waals surface area contributed by atoms with E-state index in [0.29, 0.717) is 0 Å². The summed E-state index contributed by atoms with van der Waals surface area (Å²) in [6.45, 7) is -0.241. The molecule has 0 unspecified atom stereocenters. The van der Waals surface area contributed by atoms with E-state index in [1.54, 1.807) is 0 Å². The molecule has 0 saturated carbocycles. The number of hydrogen-bond acceptors (Lipinski definition) is 4. The Bertz CT molecular complexity index is 896. The molecule has 0 aliphatic carbocycles. The Balaban J connectivity index is 1.64. The molecule has 0 atom stereocenters. The summed E-state index contributed by atoms with van der Waals surface area (Å²) in [6.07, 6.45) is -4.21. The van der Waals surface area contributed by atoms with E-state index in [-0.39, 0.29) is 18.7 Å². The summed E-state index contributed by atoms with van der Waals surface area (Å²) in [5, 5.41) is 0. The van der Waals surface area contributed by atoms with Gasteiger partial charge in [-0.1, -0.05) is 18.2 Å². The number of aromatic nitrogens is 1. The topological polar surface area (TPSA) is 59.5 Å². The maximum absolute atomic E-state index is 13.6. The first kappa shape index (κ1) is 18.6. The number of alkyl halides is 3. The lowest BCUT2D eigenvalue weighted by molar-refractivity contribution is -0.140. The average molecular weight is 390 g/mol. The van der Waals surface area contributed by atoms with Crippen LogP contribution in [0.15, 0.2) is 42.6 Å². The van der Waals surface area contributed by atoms with Gasteiger partial charge in [0.05, 0.1) is 18.8 Å². The minimum atomic E-state index is -4.62. The van der Waals surface area contributed by atoms with Crippen molar-refractivity contribution in [2.24, 2.45) is 0 Å². The fraction of sp³-hybridized carbons (Fsp3) is 0.312. The zero-order valence-electron chi connectivity index (χ0n) is 13.3. The van der Waals surface area contributed by atoms with Crippen LogP contribution in [0.25, 0.3) is 0 Å². The maximum Gasteiger partial charge on any atom is 0.421 e. The predicted octanol–water partition coefficient (Wildman–Crippen LogP) is 2.83. The largest absolute Gasteiger partial charge is 0.471 e. The van der Waals surface area contributed by atoms with Gasteiger partial charge in [-0.2, -0.15) is 17.5 Å². The van der Waals surface area contributed by atoms with Crippen molar-refractivity contribution in [3.63, 3.8) is 0 Å². The number of ether oxygens (including phenoxy) is 1. The van der Waals surface area contributed by atoms with Gasteiger partial charge in [0.25, 0.3) is 0 Å². The number of rotatable bonds is 5. The van der Waals surface area contributed by atoms with Crippen LogP contribution in [0.2, 0.25) is 0 Å². The first-order valence-electron chi connectivity index (χ1n) is 7.57. The van der Waals surface area contributed by atoms with Gasteiger partial charge in [0, 0.05) is 11.8 Å². The molecule has 2 heterocycles. The Morgan fingerprint density at radius 3 is 2.50 bits per heavy atom. The van der Waals surface area contributed by atoms with Crippen LogP contribution in [-0.2, 0) is 22.0 Å². The van der Waals surface area contributed by atoms with E-state index in [4.69, 9.17) is 4.74 Å². The summed E-state index contributed by atoms with van der Waals surface area (Å²) < 4.78 is 83.1. The smallest absolute Gasteiger partial charge is 0.421 e. The minimum Gasteiger partial charge on any atom is -0.471 e. The molecule has 1 fully saturated rings. The average Bonchev–Trinajstić information content (AvgIpc) is 2.52. The van der Waals surface area contributed by atoms with Gasteiger partial charge in [0.1, 0.15) is 17.5 Å². The molecule has 0 bridgehead atoms. The first-order chi connectivity index (χ1) is 12.2. The van der Waals surface area contributed by atoms with Gasteiger partial charge in [-0.05, 0) is 18.2 Å². The van der Waals surface area contributed by atoms with Crippen LogP contribution in [-0.4, -0.2) is 36.9 Å². The lowest BCUT2D eigenvalue weighted by atomic mass is 10.2. The molecule has 3 rings (SSSR count). The molecule has 2 aromatic rings. The highest BCUT2D eigenvalue weighted by Gasteiger charge is 2.40. The predicted molar refractivity (Wildman–Crippen MR) is 84.3 cm³/mol.